The number of benzene rings is 1. The predicted octanol–water partition coefficient (Wildman–Crippen LogP) is 1.13. The van der Waals surface area contributed by atoms with Crippen molar-refractivity contribution < 1.29 is 18.0 Å². The van der Waals surface area contributed by atoms with E-state index in [0.717, 1.165) is 0 Å². The Morgan fingerprint density at radius 3 is 2.32 bits per heavy atom. The molecule has 1 heterocycles. The maximum absolute atomic E-state index is 12.6. The molecular weight excluding hydrogens is 304 g/mol. The Morgan fingerprint density at radius 1 is 1.14 bits per heavy atom. The summed E-state index contributed by atoms with van der Waals surface area (Å²) in [5.74, 6) is -0.133. The van der Waals surface area contributed by atoms with Crippen LogP contribution in [-0.2, 0) is 14.8 Å². The van der Waals surface area contributed by atoms with Crippen LogP contribution in [0.1, 0.15) is 30.6 Å². The van der Waals surface area contributed by atoms with E-state index >= 15 is 0 Å². The summed E-state index contributed by atoms with van der Waals surface area (Å²) in [5, 5.41) is 0. The lowest BCUT2D eigenvalue weighted by molar-refractivity contribution is -0.132. The number of Topliss-reactive ketones (excluding diaryl/α,β-unsaturated/α-hetero) is 1. The molecule has 0 spiro atoms. The van der Waals surface area contributed by atoms with Crippen LogP contribution in [0.15, 0.2) is 29.2 Å². The molecule has 0 unspecified atom stereocenters. The molecule has 0 aliphatic carbocycles. The summed E-state index contributed by atoms with van der Waals surface area (Å²) < 4.78 is 26.6. The molecule has 0 radical (unpaired) electrons. The number of sulfonamides is 1. The largest absolute Gasteiger partial charge is 0.340 e. The van der Waals surface area contributed by atoms with Crippen molar-refractivity contribution in [1.29, 1.82) is 0 Å². The number of amides is 1. The van der Waals surface area contributed by atoms with Crippen LogP contribution in [-0.4, -0.2) is 55.5 Å². The number of carbonyl (C=O) groups excluding carboxylic acids is 2. The van der Waals surface area contributed by atoms with Crippen LogP contribution in [0.25, 0.3) is 0 Å². The summed E-state index contributed by atoms with van der Waals surface area (Å²) in [4.78, 5) is 24.8. The molecule has 1 aliphatic heterocycles. The molecule has 22 heavy (non-hydrogen) atoms. The van der Waals surface area contributed by atoms with E-state index in [0.29, 0.717) is 25.1 Å². The molecule has 0 saturated carbocycles. The first kappa shape index (κ1) is 16.6. The van der Waals surface area contributed by atoms with Crippen molar-refractivity contribution in [3.05, 3.63) is 29.8 Å². The molecule has 0 atom stereocenters. The van der Waals surface area contributed by atoms with Gasteiger partial charge in [0.05, 0.1) is 4.90 Å². The van der Waals surface area contributed by atoms with Gasteiger partial charge in [0.15, 0.2) is 5.78 Å². The lowest BCUT2D eigenvalue weighted by atomic mass is 10.2. The van der Waals surface area contributed by atoms with E-state index in [1.54, 1.807) is 24.0 Å². The van der Waals surface area contributed by atoms with E-state index in [-0.39, 0.29) is 29.7 Å². The van der Waals surface area contributed by atoms with E-state index in [1.807, 2.05) is 0 Å². The third kappa shape index (κ3) is 3.36. The van der Waals surface area contributed by atoms with Crippen molar-refractivity contribution in [2.24, 2.45) is 0 Å². The monoisotopic (exact) mass is 324 g/mol. The summed E-state index contributed by atoms with van der Waals surface area (Å²) >= 11 is 0. The molecule has 120 valence electrons. The van der Waals surface area contributed by atoms with Crippen LogP contribution in [0.5, 0.6) is 0 Å². The minimum absolute atomic E-state index is 0.0376. The fourth-order valence-corrected chi connectivity index (χ4v) is 3.89. The maximum Gasteiger partial charge on any atom is 0.243 e. The van der Waals surface area contributed by atoms with Gasteiger partial charge in [-0.05, 0) is 19.1 Å². The standard InChI is InChI=1S/C15H20N2O4S/c1-3-15(19)16-7-9-17(10-8-16)22(20,21)14-6-4-5-13(11-14)12(2)18/h4-6,11H,3,7-10H2,1-2H3. The number of hydrogen-bond donors (Lipinski definition) is 0. The zero-order valence-electron chi connectivity index (χ0n) is 12.8. The molecule has 7 heteroatoms. The summed E-state index contributed by atoms with van der Waals surface area (Å²) in [6.07, 6.45) is 0.424. The molecule has 2 rings (SSSR count). The summed E-state index contributed by atoms with van der Waals surface area (Å²) in [6, 6.07) is 6.06. The highest BCUT2D eigenvalue weighted by Gasteiger charge is 2.29. The van der Waals surface area contributed by atoms with Gasteiger partial charge >= 0.3 is 0 Å². The van der Waals surface area contributed by atoms with E-state index in [4.69, 9.17) is 0 Å². The number of rotatable bonds is 4. The van der Waals surface area contributed by atoms with Gasteiger partial charge in [-0.25, -0.2) is 8.42 Å². The van der Waals surface area contributed by atoms with Crippen LogP contribution in [0.4, 0.5) is 0 Å². The zero-order valence-corrected chi connectivity index (χ0v) is 13.6. The predicted molar refractivity (Wildman–Crippen MR) is 82.1 cm³/mol. The van der Waals surface area contributed by atoms with Crippen LogP contribution < -0.4 is 0 Å². The Hall–Kier alpha value is -1.73. The summed E-state index contributed by atoms with van der Waals surface area (Å²) in [5.41, 5.74) is 0.376. The van der Waals surface area contributed by atoms with Crippen molar-refractivity contribution in [2.45, 2.75) is 25.2 Å². The molecule has 1 saturated heterocycles. The Kier molecular flexibility index (Phi) is 4.97. The molecule has 1 fully saturated rings. The van der Waals surface area contributed by atoms with Gasteiger partial charge < -0.3 is 4.90 Å². The van der Waals surface area contributed by atoms with E-state index < -0.39 is 10.0 Å². The number of ketones is 1. The van der Waals surface area contributed by atoms with Crippen molar-refractivity contribution in [2.75, 3.05) is 26.2 Å². The summed E-state index contributed by atoms with van der Waals surface area (Å²) in [7, 11) is -3.63. The lowest BCUT2D eigenvalue weighted by Gasteiger charge is -2.33. The fourth-order valence-electron chi connectivity index (χ4n) is 2.43. The minimum Gasteiger partial charge on any atom is -0.340 e. The van der Waals surface area contributed by atoms with Crippen LogP contribution in [0.2, 0.25) is 0 Å². The highest BCUT2D eigenvalue weighted by atomic mass is 32.2. The molecular formula is C15H20N2O4S. The normalized spacial score (nSPS) is 16.5. The first-order chi connectivity index (χ1) is 10.4. The summed E-state index contributed by atoms with van der Waals surface area (Å²) in [6.45, 7) is 4.55. The third-order valence-corrected chi connectivity index (χ3v) is 5.67. The molecule has 6 nitrogen and oxygen atoms in total. The molecule has 1 amide bonds. The first-order valence-electron chi connectivity index (χ1n) is 7.25. The Labute approximate surface area is 130 Å². The van der Waals surface area contributed by atoms with Gasteiger partial charge in [-0.15, -0.1) is 0 Å². The second-order valence-corrected chi connectivity index (χ2v) is 7.16. The molecule has 0 aromatic heterocycles. The van der Waals surface area contributed by atoms with Gasteiger partial charge in [0, 0.05) is 38.2 Å². The van der Waals surface area contributed by atoms with Gasteiger partial charge in [-0.3, -0.25) is 9.59 Å². The topological polar surface area (TPSA) is 74.8 Å². The van der Waals surface area contributed by atoms with Gasteiger partial charge in [0.2, 0.25) is 15.9 Å². The number of carbonyl (C=O) groups is 2. The highest BCUT2D eigenvalue weighted by Crippen LogP contribution is 2.19. The van der Waals surface area contributed by atoms with Crippen molar-refractivity contribution in [3.8, 4) is 0 Å². The van der Waals surface area contributed by atoms with Gasteiger partial charge in [-0.2, -0.15) is 4.31 Å². The zero-order chi connectivity index (χ0) is 16.3. The molecule has 0 bridgehead atoms. The van der Waals surface area contributed by atoms with Gasteiger partial charge in [0.25, 0.3) is 0 Å². The number of hydrogen-bond acceptors (Lipinski definition) is 4. The van der Waals surface area contributed by atoms with Crippen LogP contribution in [0, 0.1) is 0 Å². The van der Waals surface area contributed by atoms with E-state index in [1.165, 1.54) is 23.4 Å². The van der Waals surface area contributed by atoms with Crippen molar-refractivity contribution in [1.82, 2.24) is 9.21 Å². The SMILES string of the molecule is CCC(=O)N1CCN(S(=O)(=O)c2cccc(C(C)=O)c2)CC1. The van der Waals surface area contributed by atoms with Crippen molar-refractivity contribution in [3.63, 3.8) is 0 Å². The van der Waals surface area contributed by atoms with Crippen molar-refractivity contribution >= 4 is 21.7 Å². The quantitative estimate of drug-likeness (QED) is 0.778. The van der Waals surface area contributed by atoms with Crippen LogP contribution >= 0.6 is 0 Å². The Balaban J connectivity index is 2.17. The maximum atomic E-state index is 12.6. The fraction of sp³-hybridized carbons (Fsp3) is 0.467. The number of nitrogens with zero attached hydrogens (tertiary/aromatic N) is 2. The smallest absolute Gasteiger partial charge is 0.243 e. The van der Waals surface area contributed by atoms with E-state index in [9.17, 15) is 18.0 Å². The lowest BCUT2D eigenvalue weighted by Crippen LogP contribution is -2.50. The molecule has 1 aromatic carbocycles. The Bertz CT molecular complexity index is 677. The van der Waals surface area contributed by atoms with Gasteiger partial charge in [0.1, 0.15) is 0 Å². The van der Waals surface area contributed by atoms with Crippen LogP contribution in [0.3, 0.4) is 0 Å². The first-order valence-corrected chi connectivity index (χ1v) is 8.69. The second kappa shape index (κ2) is 6.58. The third-order valence-electron chi connectivity index (χ3n) is 3.77. The average Bonchev–Trinajstić information content (AvgIpc) is 2.54. The number of piperazine rings is 1. The van der Waals surface area contributed by atoms with E-state index in [2.05, 4.69) is 0 Å². The average molecular weight is 324 g/mol. The molecule has 1 aliphatic rings. The molecule has 0 N–H and O–H groups in total. The second-order valence-electron chi connectivity index (χ2n) is 5.22. The molecule has 1 aromatic rings. The van der Waals surface area contributed by atoms with Gasteiger partial charge in [-0.1, -0.05) is 19.1 Å². The highest BCUT2D eigenvalue weighted by molar-refractivity contribution is 7.89. The Morgan fingerprint density at radius 2 is 1.77 bits per heavy atom. The minimum atomic E-state index is -3.63.